The van der Waals surface area contributed by atoms with Crippen LogP contribution in [0.4, 0.5) is 0 Å². The first-order valence-corrected chi connectivity index (χ1v) is 10.3. The molecule has 0 unspecified atom stereocenters. The second-order valence-corrected chi connectivity index (χ2v) is 7.95. The van der Waals surface area contributed by atoms with Gasteiger partial charge in [0.15, 0.2) is 0 Å². The second kappa shape index (κ2) is 8.40. The molecule has 0 aliphatic rings. The Bertz CT molecular complexity index is 1340. The Morgan fingerprint density at radius 3 is 2.61 bits per heavy atom. The van der Waals surface area contributed by atoms with E-state index < -0.39 is 11.5 Å². The van der Waals surface area contributed by atoms with Crippen LogP contribution >= 0.6 is 11.6 Å². The second-order valence-electron chi connectivity index (χ2n) is 7.55. The maximum absolute atomic E-state index is 13.0. The van der Waals surface area contributed by atoms with Crippen molar-refractivity contribution in [2.45, 2.75) is 26.9 Å². The number of carbonyl (C=O) groups excluding carboxylic acids is 1. The van der Waals surface area contributed by atoms with E-state index in [0.29, 0.717) is 29.1 Å². The number of rotatable bonds is 5. The lowest BCUT2D eigenvalue weighted by molar-refractivity contribution is 0.0780. The zero-order valence-electron chi connectivity index (χ0n) is 17.6. The van der Waals surface area contributed by atoms with Crippen LogP contribution in [0, 0.1) is 13.8 Å². The van der Waals surface area contributed by atoms with Crippen LogP contribution in [0.15, 0.2) is 63.8 Å². The molecule has 0 spiro atoms. The van der Waals surface area contributed by atoms with Crippen molar-refractivity contribution in [3.63, 3.8) is 0 Å². The van der Waals surface area contributed by atoms with Crippen molar-refractivity contribution in [3.8, 4) is 0 Å². The number of nitrogens with zero attached hydrogens (tertiary/aromatic N) is 3. The zero-order chi connectivity index (χ0) is 22.1. The van der Waals surface area contributed by atoms with Gasteiger partial charge in [-0.2, -0.15) is 5.10 Å². The molecule has 0 saturated carbocycles. The standard InChI is InChI=1S/C24H22ClN3O3/c1-15-20(16(2)28(26-15)13-18-9-4-6-10-21(18)25)14-27(3)23(29)19-12-17-8-5-7-11-22(17)31-24(19)30/h4-12H,13-14H2,1-3H3. The molecule has 0 atom stereocenters. The topological polar surface area (TPSA) is 68.3 Å². The van der Waals surface area contributed by atoms with Crippen LogP contribution in [0.3, 0.4) is 0 Å². The monoisotopic (exact) mass is 435 g/mol. The summed E-state index contributed by atoms with van der Waals surface area (Å²) in [7, 11) is 1.67. The Hall–Kier alpha value is -3.38. The average Bonchev–Trinajstić information content (AvgIpc) is 3.01. The van der Waals surface area contributed by atoms with E-state index in [1.807, 2.05) is 54.9 Å². The van der Waals surface area contributed by atoms with Gasteiger partial charge in [0.05, 0.1) is 12.2 Å². The molecular formula is C24H22ClN3O3. The minimum absolute atomic E-state index is 0.0139. The van der Waals surface area contributed by atoms with Gasteiger partial charge in [0.1, 0.15) is 11.1 Å². The first-order valence-electron chi connectivity index (χ1n) is 9.90. The molecule has 1 amide bonds. The summed E-state index contributed by atoms with van der Waals surface area (Å²) in [4.78, 5) is 26.9. The summed E-state index contributed by atoms with van der Waals surface area (Å²) in [6.07, 6.45) is 0. The van der Waals surface area contributed by atoms with Gasteiger partial charge in [0, 0.05) is 35.3 Å². The van der Waals surface area contributed by atoms with Gasteiger partial charge in [-0.3, -0.25) is 9.48 Å². The third-order valence-electron chi connectivity index (χ3n) is 5.42. The fourth-order valence-corrected chi connectivity index (χ4v) is 3.83. The lowest BCUT2D eigenvalue weighted by Crippen LogP contribution is -2.30. The largest absolute Gasteiger partial charge is 0.422 e. The molecule has 0 aliphatic heterocycles. The van der Waals surface area contributed by atoms with E-state index in [0.717, 1.165) is 22.5 Å². The molecule has 158 valence electrons. The van der Waals surface area contributed by atoms with E-state index in [2.05, 4.69) is 5.10 Å². The van der Waals surface area contributed by atoms with Crippen molar-refractivity contribution in [2.24, 2.45) is 0 Å². The van der Waals surface area contributed by atoms with Crippen molar-refractivity contribution >= 4 is 28.5 Å². The Kier molecular flexibility index (Phi) is 5.65. The van der Waals surface area contributed by atoms with Crippen molar-refractivity contribution in [2.75, 3.05) is 7.05 Å². The number of benzene rings is 2. The minimum atomic E-state index is -0.640. The summed E-state index contributed by atoms with van der Waals surface area (Å²) in [5.41, 5.74) is 3.52. The fourth-order valence-electron chi connectivity index (χ4n) is 3.63. The van der Waals surface area contributed by atoms with Crippen LogP contribution in [0.2, 0.25) is 5.02 Å². The summed E-state index contributed by atoms with van der Waals surface area (Å²) in [6.45, 7) is 4.74. The van der Waals surface area contributed by atoms with Gasteiger partial charge < -0.3 is 9.32 Å². The van der Waals surface area contributed by atoms with Crippen LogP contribution in [0.1, 0.15) is 32.9 Å². The van der Waals surface area contributed by atoms with Crippen molar-refractivity contribution in [1.29, 1.82) is 0 Å². The summed E-state index contributed by atoms with van der Waals surface area (Å²) in [6, 6.07) is 16.4. The van der Waals surface area contributed by atoms with Crippen LogP contribution < -0.4 is 5.63 Å². The maximum Gasteiger partial charge on any atom is 0.349 e. The van der Waals surface area contributed by atoms with Crippen LogP contribution in [0.5, 0.6) is 0 Å². The average molecular weight is 436 g/mol. The fraction of sp³-hybridized carbons (Fsp3) is 0.208. The van der Waals surface area contributed by atoms with Gasteiger partial charge in [-0.15, -0.1) is 0 Å². The molecule has 0 bridgehead atoms. The van der Waals surface area contributed by atoms with E-state index >= 15 is 0 Å². The Morgan fingerprint density at radius 1 is 1.13 bits per heavy atom. The van der Waals surface area contributed by atoms with Gasteiger partial charge in [0.2, 0.25) is 0 Å². The number of hydrogen-bond acceptors (Lipinski definition) is 4. The smallest absolute Gasteiger partial charge is 0.349 e. The minimum Gasteiger partial charge on any atom is -0.422 e. The third kappa shape index (κ3) is 4.11. The molecule has 4 aromatic rings. The van der Waals surface area contributed by atoms with Crippen molar-refractivity contribution in [3.05, 3.63) is 98.1 Å². The molecule has 2 aromatic heterocycles. The molecule has 2 aromatic carbocycles. The summed E-state index contributed by atoms with van der Waals surface area (Å²) >= 11 is 6.29. The van der Waals surface area contributed by atoms with E-state index in [1.54, 1.807) is 25.2 Å². The Labute approximate surface area is 184 Å². The molecule has 0 saturated heterocycles. The lowest BCUT2D eigenvalue weighted by atomic mass is 10.1. The SMILES string of the molecule is Cc1nn(Cc2ccccc2Cl)c(C)c1CN(C)C(=O)c1cc2ccccc2oc1=O. The third-order valence-corrected chi connectivity index (χ3v) is 5.79. The lowest BCUT2D eigenvalue weighted by Gasteiger charge is -2.17. The summed E-state index contributed by atoms with van der Waals surface area (Å²) < 4.78 is 7.19. The van der Waals surface area contributed by atoms with Crippen LogP contribution in [-0.2, 0) is 13.1 Å². The molecule has 0 radical (unpaired) electrons. The molecule has 31 heavy (non-hydrogen) atoms. The zero-order valence-corrected chi connectivity index (χ0v) is 18.3. The highest BCUT2D eigenvalue weighted by Crippen LogP contribution is 2.21. The summed E-state index contributed by atoms with van der Waals surface area (Å²) in [5, 5.41) is 6.02. The summed E-state index contributed by atoms with van der Waals surface area (Å²) in [5.74, 6) is -0.392. The highest BCUT2D eigenvalue weighted by molar-refractivity contribution is 6.31. The molecule has 2 heterocycles. The Morgan fingerprint density at radius 2 is 1.84 bits per heavy atom. The maximum atomic E-state index is 13.0. The molecule has 4 rings (SSSR count). The van der Waals surface area contributed by atoms with Crippen molar-refractivity contribution in [1.82, 2.24) is 14.7 Å². The highest BCUT2D eigenvalue weighted by atomic mass is 35.5. The number of amides is 1. The number of fused-ring (bicyclic) bond motifs is 1. The molecule has 7 heteroatoms. The highest BCUT2D eigenvalue weighted by Gasteiger charge is 2.21. The van der Waals surface area contributed by atoms with E-state index in [-0.39, 0.29) is 5.56 Å². The van der Waals surface area contributed by atoms with Gasteiger partial charge in [-0.05, 0) is 37.6 Å². The van der Waals surface area contributed by atoms with E-state index in [1.165, 1.54) is 4.90 Å². The predicted molar refractivity (Wildman–Crippen MR) is 121 cm³/mol. The molecule has 0 fully saturated rings. The number of aryl methyl sites for hydroxylation is 1. The van der Waals surface area contributed by atoms with Crippen LogP contribution in [0.25, 0.3) is 11.0 Å². The van der Waals surface area contributed by atoms with Gasteiger partial charge in [-0.1, -0.05) is 48.0 Å². The van der Waals surface area contributed by atoms with Crippen LogP contribution in [-0.4, -0.2) is 27.6 Å². The number of hydrogen-bond donors (Lipinski definition) is 0. The van der Waals surface area contributed by atoms with E-state index in [4.69, 9.17) is 16.0 Å². The molecule has 0 N–H and O–H groups in total. The molecular weight excluding hydrogens is 414 g/mol. The number of para-hydroxylation sites is 1. The molecule has 0 aliphatic carbocycles. The normalized spacial score (nSPS) is 11.1. The number of carbonyl (C=O) groups is 1. The first kappa shape index (κ1) is 20.9. The van der Waals surface area contributed by atoms with Gasteiger partial charge >= 0.3 is 5.63 Å². The molecule has 6 nitrogen and oxygen atoms in total. The van der Waals surface area contributed by atoms with Gasteiger partial charge in [0.25, 0.3) is 5.91 Å². The predicted octanol–water partition coefficient (Wildman–Crippen LogP) is 4.58. The Balaban J connectivity index is 1.59. The van der Waals surface area contributed by atoms with Crippen molar-refractivity contribution < 1.29 is 9.21 Å². The first-order chi connectivity index (χ1) is 14.8. The number of halogens is 1. The number of aromatic nitrogens is 2. The van der Waals surface area contributed by atoms with Gasteiger partial charge in [-0.25, -0.2) is 4.79 Å². The van der Waals surface area contributed by atoms with E-state index in [9.17, 15) is 9.59 Å². The quantitative estimate of drug-likeness (QED) is 0.430.